The van der Waals surface area contributed by atoms with Crippen molar-refractivity contribution in [1.29, 1.82) is 0 Å². The average Bonchev–Trinajstić information content (AvgIpc) is 3.70. The summed E-state index contributed by atoms with van der Waals surface area (Å²) >= 11 is 0. The van der Waals surface area contributed by atoms with Gasteiger partial charge in [-0.2, -0.15) is 0 Å². The number of carbonyl (C=O) groups is 1. The van der Waals surface area contributed by atoms with E-state index in [9.17, 15) is 9.90 Å². The number of carboxylic acids is 1. The van der Waals surface area contributed by atoms with Gasteiger partial charge < -0.3 is 19.5 Å². The van der Waals surface area contributed by atoms with E-state index >= 15 is 0 Å². The minimum atomic E-state index is -0.678. The van der Waals surface area contributed by atoms with Crippen LogP contribution in [0.2, 0.25) is 0 Å². The number of piperidine rings is 1. The van der Waals surface area contributed by atoms with E-state index in [1.165, 1.54) is 22.3 Å². The van der Waals surface area contributed by atoms with Crippen LogP contribution in [0, 0.1) is 18.3 Å². The predicted octanol–water partition coefficient (Wildman–Crippen LogP) is 6.03. The maximum Gasteiger partial charge on any atom is 0.312 e. The molecule has 4 heterocycles. The number of pyridine rings is 1. The van der Waals surface area contributed by atoms with E-state index < -0.39 is 11.4 Å². The van der Waals surface area contributed by atoms with Crippen molar-refractivity contribution in [2.24, 2.45) is 11.3 Å². The maximum atomic E-state index is 12.0. The highest BCUT2D eigenvalue weighted by Gasteiger charge is 2.69. The van der Waals surface area contributed by atoms with Crippen molar-refractivity contribution in [3.63, 3.8) is 0 Å². The molecular formula is C36H43N3O4. The van der Waals surface area contributed by atoms with E-state index in [1.807, 2.05) is 25.1 Å². The largest absolute Gasteiger partial charge is 0.488 e. The normalized spacial score (nSPS) is 25.3. The number of fused-ring (bicyclic) bond motifs is 2. The molecule has 0 amide bonds. The Balaban J connectivity index is 1.11. The summed E-state index contributed by atoms with van der Waals surface area (Å²) in [7, 11) is 0. The molecule has 0 radical (unpaired) electrons. The molecule has 1 aromatic heterocycles. The van der Waals surface area contributed by atoms with Crippen LogP contribution in [-0.2, 0) is 35.5 Å². The molecule has 7 rings (SSSR count). The van der Waals surface area contributed by atoms with Gasteiger partial charge in [-0.25, -0.2) is 4.98 Å². The fraction of sp³-hybridized carbons (Fsp3) is 0.500. The monoisotopic (exact) mass is 581 g/mol. The maximum absolute atomic E-state index is 12.0. The summed E-state index contributed by atoms with van der Waals surface area (Å²) < 4.78 is 12.2. The van der Waals surface area contributed by atoms with Gasteiger partial charge in [0.1, 0.15) is 18.2 Å². The summed E-state index contributed by atoms with van der Waals surface area (Å²) in [6.45, 7) is 11.5. The number of hydrogen-bond acceptors (Lipinski definition) is 6. The number of nitrogens with zero attached hydrogens (tertiary/aromatic N) is 3. The van der Waals surface area contributed by atoms with Crippen molar-refractivity contribution < 1.29 is 19.4 Å². The number of aryl methyl sites for hydroxylation is 2. The van der Waals surface area contributed by atoms with Gasteiger partial charge in [-0.1, -0.05) is 37.3 Å². The Morgan fingerprint density at radius 2 is 1.98 bits per heavy atom. The first-order chi connectivity index (χ1) is 20.9. The van der Waals surface area contributed by atoms with Crippen LogP contribution in [0.25, 0.3) is 11.3 Å². The zero-order valence-electron chi connectivity index (χ0n) is 25.6. The number of hydrogen-bond donors (Lipinski definition) is 1. The predicted molar refractivity (Wildman–Crippen MR) is 168 cm³/mol. The third kappa shape index (κ3) is 5.00. The Morgan fingerprint density at radius 3 is 2.74 bits per heavy atom. The summed E-state index contributed by atoms with van der Waals surface area (Å²) in [6.07, 6.45) is 5.15. The minimum absolute atomic E-state index is 0.0773. The van der Waals surface area contributed by atoms with E-state index in [4.69, 9.17) is 14.5 Å². The Hall–Kier alpha value is -3.42. The second-order valence-electron chi connectivity index (χ2n) is 13.0. The Kier molecular flexibility index (Phi) is 7.42. The van der Waals surface area contributed by atoms with Gasteiger partial charge in [0, 0.05) is 50.5 Å². The van der Waals surface area contributed by atoms with Crippen LogP contribution in [-0.4, -0.2) is 59.3 Å². The Morgan fingerprint density at radius 1 is 1.16 bits per heavy atom. The van der Waals surface area contributed by atoms with E-state index in [2.05, 4.69) is 54.0 Å². The van der Waals surface area contributed by atoms with Gasteiger partial charge in [0.2, 0.25) is 0 Å². The van der Waals surface area contributed by atoms with Crippen molar-refractivity contribution in [2.75, 3.05) is 31.2 Å². The van der Waals surface area contributed by atoms with Gasteiger partial charge in [-0.15, -0.1) is 0 Å². The summed E-state index contributed by atoms with van der Waals surface area (Å²) in [5.74, 6) is 1.22. The van der Waals surface area contributed by atoms with Gasteiger partial charge in [0.15, 0.2) is 0 Å². The van der Waals surface area contributed by atoms with Crippen LogP contribution >= 0.6 is 0 Å². The number of aromatic nitrogens is 1. The van der Waals surface area contributed by atoms with Crippen LogP contribution in [0.15, 0.2) is 48.5 Å². The number of rotatable bonds is 8. The molecule has 2 aromatic carbocycles. The molecule has 1 N–H and O–H groups in total. The second kappa shape index (κ2) is 11.3. The fourth-order valence-electron chi connectivity index (χ4n) is 8.03. The van der Waals surface area contributed by atoms with Crippen molar-refractivity contribution in [1.82, 2.24) is 9.88 Å². The minimum Gasteiger partial charge on any atom is -0.488 e. The standard InChI is InChI=1S/C36H43N3O4/c1-4-26-17-25(18-27-11-14-38(21-31(26)27)29-12-15-42-16-13-29)22-43-34-23(2)7-5-8-30(34)32-9-6-10-33(37-32)39-20-28-19-36(28,24(39)3)35(40)41/h5-10,17-18,24,28-29H,4,11-16,19-22H2,1-3H3,(H,40,41)/t24?,28-,36-/m0/s1. The number of aliphatic carboxylic acids is 1. The lowest BCUT2D eigenvalue weighted by atomic mass is 9.90. The smallest absolute Gasteiger partial charge is 0.312 e. The molecule has 1 saturated carbocycles. The highest BCUT2D eigenvalue weighted by Crippen LogP contribution is 2.62. The molecule has 0 bridgehead atoms. The van der Waals surface area contributed by atoms with Crippen LogP contribution < -0.4 is 9.64 Å². The highest BCUT2D eigenvalue weighted by molar-refractivity contribution is 5.82. The first-order valence-corrected chi connectivity index (χ1v) is 16.0. The van der Waals surface area contributed by atoms with Crippen LogP contribution in [0.4, 0.5) is 5.82 Å². The van der Waals surface area contributed by atoms with Crippen LogP contribution in [0.3, 0.4) is 0 Å². The molecule has 2 saturated heterocycles. The second-order valence-corrected chi connectivity index (χ2v) is 13.0. The SMILES string of the molecule is CCc1cc(COc2c(C)cccc2-c2cccc(N3C[C@@H]4C[C@]4(C(=O)O)C3C)n2)cc2c1CN(C1CCOCC1)CC2. The number of carboxylic acid groups (broad SMARTS) is 1. The first-order valence-electron chi connectivity index (χ1n) is 16.0. The lowest BCUT2D eigenvalue weighted by molar-refractivity contribution is -0.144. The lowest BCUT2D eigenvalue weighted by Gasteiger charge is -2.38. The molecule has 3 aliphatic heterocycles. The van der Waals surface area contributed by atoms with Gasteiger partial charge in [0.05, 0.1) is 11.1 Å². The van der Waals surface area contributed by atoms with Gasteiger partial charge >= 0.3 is 5.97 Å². The Bertz CT molecular complexity index is 1520. The van der Waals surface area contributed by atoms with Crippen molar-refractivity contribution in [2.45, 2.75) is 78.1 Å². The third-order valence-electron chi connectivity index (χ3n) is 10.7. The van der Waals surface area contributed by atoms with Crippen molar-refractivity contribution in [3.8, 4) is 17.0 Å². The topological polar surface area (TPSA) is 75.1 Å². The first kappa shape index (κ1) is 28.4. The zero-order chi connectivity index (χ0) is 29.7. The number of ether oxygens (including phenoxy) is 2. The molecule has 0 spiro atoms. The van der Waals surface area contributed by atoms with Gasteiger partial charge in [-0.05, 0) is 97.9 Å². The lowest BCUT2D eigenvalue weighted by Crippen LogP contribution is -2.42. The summed E-state index contributed by atoms with van der Waals surface area (Å²) in [5.41, 5.74) is 7.90. The molecular weight excluding hydrogens is 538 g/mol. The zero-order valence-corrected chi connectivity index (χ0v) is 25.6. The third-order valence-corrected chi connectivity index (χ3v) is 10.7. The van der Waals surface area contributed by atoms with Crippen molar-refractivity contribution in [3.05, 3.63) is 76.3 Å². The fourth-order valence-corrected chi connectivity index (χ4v) is 8.03. The molecule has 4 aliphatic rings. The van der Waals surface area contributed by atoms with Gasteiger partial charge in [0.25, 0.3) is 0 Å². The van der Waals surface area contributed by atoms with Gasteiger partial charge in [-0.3, -0.25) is 9.69 Å². The summed E-state index contributed by atoms with van der Waals surface area (Å²) in [6, 6.07) is 17.5. The van der Waals surface area contributed by atoms with Crippen LogP contribution in [0.1, 0.15) is 60.9 Å². The molecule has 3 aromatic rings. The van der Waals surface area contributed by atoms with E-state index in [-0.39, 0.29) is 12.0 Å². The number of para-hydroxylation sites is 1. The molecule has 3 fully saturated rings. The quantitative estimate of drug-likeness (QED) is 0.348. The molecule has 3 atom stereocenters. The van der Waals surface area contributed by atoms with E-state index in [0.29, 0.717) is 12.6 Å². The molecule has 1 unspecified atom stereocenters. The summed E-state index contributed by atoms with van der Waals surface area (Å²) in [4.78, 5) is 21.9. The molecule has 43 heavy (non-hydrogen) atoms. The Labute approximate surface area is 254 Å². The average molecular weight is 582 g/mol. The van der Waals surface area contributed by atoms with E-state index in [0.717, 1.165) is 93.3 Å². The number of benzene rings is 2. The van der Waals surface area contributed by atoms with Crippen molar-refractivity contribution >= 4 is 11.8 Å². The summed E-state index contributed by atoms with van der Waals surface area (Å²) in [5, 5.41) is 9.90. The highest BCUT2D eigenvalue weighted by atomic mass is 16.5. The van der Waals surface area contributed by atoms with E-state index in [1.54, 1.807) is 0 Å². The molecule has 7 heteroatoms. The number of anilines is 1. The molecule has 1 aliphatic carbocycles. The van der Waals surface area contributed by atoms with Crippen LogP contribution in [0.5, 0.6) is 5.75 Å². The molecule has 226 valence electrons. The molecule has 7 nitrogen and oxygen atoms in total.